The van der Waals surface area contributed by atoms with Gasteiger partial charge >= 0.3 is 6.18 Å². The maximum absolute atomic E-state index is 12.7. The number of aryl methyl sites for hydroxylation is 1. The number of benzene rings is 1. The maximum atomic E-state index is 12.7. The molecule has 1 aliphatic rings. The summed E-state index contributed by atoms with van der Waals surface area (Å²) in [5.74, 6) is -1.46. The van der Waals surface area contributed by atoms with E-state index in [-0.39, 0.29) is 5.69 Å². The summed E-state index contributed by atoms with van der Waals surface area (Å²) in [6.07, 6.45) is -5.03. The van der Waals surface area contributed by atoms with Crippen LogP contribution in [-0.4, -0.2) is 17.2 Å². The summed E-state index contributed by atoms with van der Waals surface area (Å²) in [4.78, 5) is 11.2. The smallest absolute Gasteiger partial charge is 0.368 e. The van der Waals surface area contributed by atoms with E-state index in [1.165, 1.54) is 12.1 Å². The van der Waals surface area contributed by atoms with E-state index in [4.69, 9.17) is 0 Å². The normalized spacial score (nSPS) is 24.2. The van der Waals surface area contributed by atoms with Gasteiger partial charge in [0, 0.05) is 11.3 Å². The Morgan fingerprint density at radius 1 is 1.38 bits per heavy atom. The highest BCUT2D eigenvalue weighted by molar-refractivity contribution is 6.05. The van der Waals surface area contributed by atoms with Crippen molar-refractivity contribution in [1.29, 1.82) is 0 Å². The lowest BCUT2D eigenvalue weighted by molar-refractivity contribution is -0.252. The fraction of sp³-hybridized carbons (Fsp3) is 0.300. The highest BCUT2D eigenvalue weighted by Gasteiger charge is 2.64. The van der Waals surface area contributed by atoms with Crippen LogP contribution in [0.4, 0.5) is 18.9 Å². The van der Waals surface area contributed by atoms with E-state index in [0.717, 1.165) is 6.07 Å². The van der Waals surface area contributed by atoms with Crippen molar-refractivity contribution in [2.24, 2.45) is 0 Å². The standard InChI is InChI=1S/C10H8F3NO2/c1-5-2-3-6-7(4-5)14-8(15)9(6,16)10(11,12)13/h2-4,16H,1H3,(H,14,15)/t9-/m0/s1. The number of anilines is 1. The molecule has 86 valence electrons. The quantitative estimate of drug-likeness (QED) is 0.713. The number of nitrogens with one attached hydrogen (secondary N) is 1. The predicted octanol–water partition coefficient (Wildman–Crippen LogP) is 1.70. The molecule has 0 fully saturated rings. The number of aliphatic hydroxyl groups is 1. The van der Waals surface area contributed by atoms with E-state index < -0.39 is 23.2 Å². The lowest BCUT2D eigenvalue weighted by atomic mass is 9.94. The fourth-order valence-corrected chi connectivity index (χ4v) is 1.69. The van der Waals surface area contributed by atoms with Crippen LogP contribution in [0.1, 0.15) is 11.1 Å². The molecule has 0 saturated carbocycles. The van der Waals surface area contributed by atoms with Gasteiger partial charge in [0.2, 0.25) is 0 Å². The van der Waals surface area contributed by atoms with Gasteiger partial charge in [-0.1, -0.05) is 12.1 Å². The molecule has 1 amide bonds. The molecule has 0 radical (unpaired) electrons. The van der Waals surface area contributed by atoms with Gasteiger partial charge < -0.3 is 10.4 Å². The zero-order valence-corrected chi connectivity index (χ0v) is 8.22. The van der Waals surface area contributed by atoms with Crippen molar-refractivity contribution in [3.05, 3.63) is 29.3 Å². The van der Waals surface area contributed by atoms with Crippen molar-refractivity contribution in [3.63, 3.8) is 0 Å². The summed E-state index contributed by atoms with van der Waals surface area (Å²) >= 11 is 0. The molecule has 2 rings (SSSR count). The molecular formula is C10H8F3NO2. The lowest BCUT2D eigenvalue weighted by Gasteiger charge is -2.23. The number of fused-ring (bicyclic) bond motifs is 1. The Labute approximate surface area is 88.9 Å². The predicted molar refractivity (Wildman–Crippen MR) is 49.8 cm³/mol. The second-order valence-electron chi connectivity index (χ2n) is 3.71. The molecule has 0 aliphatic carbocycles. The Morgan fingerprint density at radius 3 is 2.56 bits per heavy atom. The van der Waals surface area contributed by atoms with Crippen molar-refractivity contribution in [1.82, 2.24) is 0 Å². The zero-order valence-electron chi connectivity index (χ0n) is 8.22. The summed E-state index contributed by atoms with van der Waals surface area (Å²) in [6.45, 7) is 1.68. The minimum absolute atomic E-state index is 0.00447. The second kappa shape index (κ2) is 2.98. The lowest BCUT2D eigenvalue weighted by Crippen LogP contribution is -2.47. The topological polar surface area (TPSA) is 49.3 Å². The number of rotatable bonds is 0. The van der Waals surface area contributed by atoms with Crippen LogP contribution >= 0.6 is 0 Å². The number of halogens is 3. The molecule has 6 heteroatoms. The van der Waals surface area contributed by atoms with Crippen molar-refractivity contribution in [2.75, 3.05) is 5.32 Å². The van der Waals surface area contributed by atoms with Crippen LogP contribution in [0.15, 0.2) is 18.2 Å². The second-order valence-corrected chi connectivity index (χ2v) is 3.71. The minimum atomic E-state index is -5.03. The molecule has 1 atom stereocenters. The molecule has 0 saturated heterocycles. The average Bonchev–Trinajstić information content (AvgIpc) is 2.38. The maximum Gasteiger partial charge on any atom is 0.430 e. The first kappa shape index (κ1) is 10.9. The summed E-state index contributed by atoms with van der Waals surface area (Å²) < 4.78 is 38.0. The molecule has 0 spiro atoms. The van der Waals surface area contributed by atoms with Crippen LogP contribution in [0.2, 0.25) is 0 Å². The molecule has 1 aromatic carbocycles. The van der Waals surface area contributed by atoms with E-state index in [1.54, 1.807) is 6.92 Å². The molecule has 0 aromatic heterocycles. The van der Waals surface area contributed by atoms with Gasteiger partial charge in [-0.15, -0.1) is 0 Å². The first-order valence-corrected chi connectivity index (χ1v) is 4.48. The van der Waals surface area contributed by atoms with Crippen molar-refractivity contribution in [2.45, 2.75) is 18.7 Å². The minimum Gasteiger partial charge on any atom is -0.368 e. The molecule has 16 heavy (non-hydrogen) atoms. The molecule has 0 bridgehead atoms. The first-order valence-electron chi connectivity index (χ1n) is 4.48. The number of carbonyl (C=O) groups is 1. The number of amides is 1. The Bertz CT molecular complexity index is 470. The van der Waals surface area contributed by atoms with Gasteiger partial charge in [-0.25, -0.2) is 0 Å². The Kier molecular flexibility index (Phi) is 2.03. The largest absolute Gasteiger partial charge is 0.430 e. The van der Waals surface area contributed by atoms with E-state index in [1.807, 2.05) is 5.32 Å². The molecule has 1 aliphatic heterocycles. The van der Waals surface area contributed by atoms with Crippen LogP contribution in [0, 0.1) is 6.92 Å². The third kappa shape index (κ3) is 1.23. The third-order valence-corrected chi connectivity index (χ3v) is 2.55. The van der Waals surface area contributed by atoms with Crippen LogP contribution in [0.25, 0.3) is 0 Å². The van der Waals surface area contributed by atoms with Gasteiger partial charge in [-0.05, 0) is 18.6 Å². The Hall–Kier alpha value is -1.56. The van der Waals surface area contributed by atoms with Gasteiger partial charge in [0.25, 0.3) is 11.5 Å². The number of hydrogen-bond acceptors (Lipinski definition) is 2. The van der Waals surface area contributed by atoms with Crippen molar-refractivity contribution < 1.29 is 23.1 Å². The monoisotopic (exact) mass is 231 g/mol. The van der Waals surface area contributed by atoms with E-state index in [2.05, 4.69) is 0 Å². The van der Waals surface area contributed by atoms with Gasteiger partial charge in [0.1, 0.15) is 0 Å². The van der Waals surface area contributed by atoms with E-state index in [9.17, 15) is 23.1 Å². The van der Waals surface area contributed by atoms with Crippen LogP contribution in [0.3, 0.4) is 0 Å². The van der Waals surface area contributed by atoms with Crippen molar-refractivity contribution >= 4 is 11.6 Å². The summed E-state index contributed by atoms with van der Waals surface area (Å²) in [6, 6.07) is 3.91. The van der Waals surface area contributed by atoms with Crippen LogP contribution < -0.4 is 5.32 Å². The SMILES string of the molecule is Cc1ccc2c(c1)NC(=O)[C@]2(O)C(F)(F)F. The highest BCUT2D eigenvalue weighted by atomic mass is 19.4. The van der Waals surface area contributed by atoms with E-state index in [0.29, 0.717) is 5.56 Å². The highest BCUT2D eigenvalue weighted by Crippen LogP contribution is 2.46. The molecule has 0 unspecified atom stereocenters. The summed E-state index contributed by atoms with van der Waals surface area (Å²) in [5.41, 5.74) is -3.18. The Balaban J connectivity index is 2.65. The fourth-order valence-electron chi connectivity index (χ4n) is 1.69. The van der Waals surface area contributed by atoms with Crippen LogP contribution in [0.5, 0.6) is 0 Å². The van der Waals surface area contributed by atoms with Gasteiger partial charge in [-0.3, -0.25) is 4.79 Å². The van der Waals surface area contributed by atoms with Gasteiger partial charge in [0.15, 0.2) is 0 Å². The van der Waals surface area contributed by atoms with Crippen molar-refractivity contribution in [3.8, 4) is 0 Å². The summed E-state index contributed by atoms with van der Waals surface area (Å²) in [5, 5.41) is 11.5. The van der Waals surface area contributed by atoms with Crippen LogP contribution in [-0.2, 0) is 10.4 Å². The first-order chi connectivity index (χ1) is 7.26. The molecule has 1 aromatic rings. The van der Waals surface area contributed by atoms with Gasteiger partial charge in [0.05, 0.1) is 0 Å². The van der Waals surface area contributed by atoms with E-state index >= 15 is 0 Å². The molecule has 3 nitrogen and oxygen atoms in total. The number of alkyl halides is 3. The average molecular weight is 231 g/mol. The Morgan fingerprint density at radius 2 is 2.00 bits per heavy atom. The summed E-state index contributed by atoms with van der Waals surface area (Å²) in [7, 11) is 0. The molecular weight excluding hydrogens is 223 g/mol. The third-order valence-electron chi connectivity index (χ3n) is 2.55. The zero-order chi connectivity index (χ0) is 12.1. The van der Waals surface area contributed by atoms with Gasteiger partial charge in [-0.2, -0.15) is 13.2 Å². The molecule has 1 heterocycles. The molecule has 2 N–H and O–H groups in total. The number of carbonyl (C=O) groups excluding carboxylic acids is 1. The number of hydrogen-bond donors (Lipinski definition) is 2.